The Morgan fingerprint density at radius 3 is 2.82 bits per heavy atom. The molecule has 22 heavy (non-hydrogen) atoms. The van der Waals surface area contributed by atoms with Crippen LogP contribution in [0.5, 0.6) is 0 Å². The van der Waals surface area contributed by atoms with Gasteiger partial charge in [-0.1, -0.05) is 12.1 Å². The van der Waals surface area contributed by atoms with Crippen LogP contribution in [0.1, 0.15) is 12.0 Å². The molecule has 1 atom stereocenters. The van der Waals surface area contributed by atoms with E-state index in [2.05, 4.69) is 4.98 Å². The summed E-state index contributed by atoms with van der Waals surface area (Å²) in [5.74, 6) is -0.953. The van der Waals surface area contributed by atoms with Crippen LogP contribution >= 0.6 is 12.4 Å². The molecular weight excluding hydrogens is 304 g/mol. The van der Waals surface area contributed by atoms with E-state index < -0.39 is 11.8 Å². The summed E-state index contributed by atoms with van der Waals surface area (Å²) < 4.78 is 0. The van der Waals surface area contributed by atoms with Gasteiger partial charge in [-0.15, -0.1) is 12.4 Å². The first-order valence-corrected chi connectivity index (χ1v) is 6.77. The number of likely N-dealkylation sites (tertiary alicyclic amines) is 1. The van der Waals surface area contributed by atoms with Crippen molar-refractivity contribution >= 4 is 40.8 Å². The van der Waals surface area contributed by atoms with E-state index in [1.54, 1.807) is 11.1 Å². The molecule has 1 aromatic carbocycles. The number of hydrogen-bond donors (Lipinski definition) is 2. The molecule has 4 N–H and O–H groups in total. The van der Waals surface area contributed by atoms with E-state index in [0.29, 0.717) is 25.3 Å². The molecular formula is C15H17ClN4O2. The zero-order valence-electron chi connectivity index (χ0n) is 11.9. The molecule has 0 radical (unpaired) electrons. The van der Waals surface area contributed by atoms with Crippen LogP contribution in [-0.4, -0.2) is 28.2 Å². The van der Waals surface area contributed by atoms with E-state index in [9.17, 15) is 9.59 Å². The number of carbonyl (C=O) groups is 2. The average molecular weight is 321 g/mol. The van der Waals surface area contributed by atoms with Crippen molar-refractivity contribution in [2.24, 2.45) is 11.7 Å². The second-order valence-electron chi connectivity index (χ2n) is 5.26. The van der Waals surface area contributed by atoms with Gasteiger partial charge in [0.25, 0.3) is 0 Å². The average Bonchev–Trinajstić information content (AvgIpc) is 2.81. The Hall–Kier alpha value is -2.34. The third kappa shape index (κ3) is 2.82. The number of anilines is 1. The zero-order chi connectivity index (χ0) is 15.0. The molecule has 116 valence electrons. The Labute approximate surface area is 133 Å². The molecule has 2 amide bonds. The normalized spacial score (nSPS) is 17.5. The first kappa shape index (κ1) is 16.0. The van der Waals surface area contributed by atoms with Gasteiger partial charge in [-0.3, -0.25) is 9.59 Å². The Bertz CT molecular complexity index is 735. The first-order valence-electron chi connectivity index (χ1n) is 6.77. The first-order chi connectivity index (χ1) is 10.1. The number of hydrogen-bond acceptors (Lipinski definition) is 4. The minimum Gasteiger partial charge on any atom is -0.383 e. The van der Waals surface area contributed by atoms with Crippen LogP contribution < -0.4 is 11.5 Å². The van der Waals surface area contributed by atoms with Gasteiger partial charge in [0.2, 0.25) is 11.8 Å². The molecule has 0 saturated carbocycles. The maximum Gasteiger partial charge on any atom is 0.235 e. The fraction of sp³-hybridized carbons (Fsp3) is 0.267. The summed E-state index contributed by atoms with van der Waals surface area (Å²) in [6.07, 6.45) is 2.16. The number of primary amides is 1. The molecule has 0 spiro atoms. The number of pyridine rings is 1. The number of nitrogens with two attached hydrogens (primary N) is 2. The lowest BCUT2D eigenvalue weighted by Gasteiger charge is -2.16. The summed E-state index contributed by atoms with van der Waals surface area (Å²) in [4.78, 5) is 29.0. The van der Waals surface area contributed by atoms with Crippen LogP contribution in [0.15, 0.2) is 30.5 Å². The van der Waals surface area contributed by atoms with Crippen molar-refractivity contribution in [3.05, 3.63) is 36.0 Å². The summed E-state index contributed by atoms with van der Waals surface area (Å²) in [6, 6.07) is 7.73. The van der Waals surface area contributed by atoms with Gasteiger partial charge in [0.1, 0.15) is 11.7 Å². The fourth-order valence-electron chi connectivity index (χ4n) is 2.72. The smallest absolute Gasteiger partial charge is 0.235 e. The number of nitrogens with zero attached hydrogens (tertiary/aromatic N) is 2. The van der Waals surface area contributed by atoms with Crippen LogP contribution in [0.25, 0.3) is 10.8 Å². The van der Waals surface area contributed by atoms with Gasteiger partial charge >= 0.3 is 0 Å². The van der Waals surface area contributed by atoms with E-state index >= 15 is 0 Å². The predicted octanol–water partition coefficient (Wildman–Crippen LogP) is 1.07. The minimum atomic E-state index is -0.683. The molecule has 1 saturated heterocycles. The van der Waals surface area contributed by atoms with E-state index in [4.69, 9.17) is 11.5 Å². The second-order valence-corrected chi connectivity index (χ2v) is 5.26. The number of benzene rings is 1. The monoisotopic (exact) mass is 320 g/mol. The van der Waals surface area contributed by atoms with Crippen molar-refractivity contribution in [2.45, 2.75) is 13.0 Å². The molecule has 0 bridgehead atoms. The van der Waals surface area contributed by atoms with Crippen LogP contribution in [0.4, 0.5) is 5.82 Å². The zero-order valence-corrected chi connectivity index (χ0v) is 12.7. The molecule has 6 nitrogen and oxygen atoms in total. The third-order valence-electron chi connectivity index (χ3n) is 3.88. The molecule has 0 aliphatic carbocycles. The molecule has 7 heteroatoms. The molecule has 1 fully saturated rings. The molecule has 2 heterocycles. The Balaban J connectivity index is 0.00000176. The minimum absolute atomic E-state index is 0. The number of nitrogen functional groups attached to an aromatic ring is 1. The highest BCUT2D eigenvalue weighted by atomic mass is 35.5. The lowest BCUT2D eigenvalue weighted by Crippen LogP contribution is -2.33. The van der Waals surface area contributed by atoms with Crippen molar-refractivity contribution < 1.29 is 9.59 Å². The number of halogens is 1. The van der Waals surface area contributed by atoms with Crippen LogP contribution in [-0.2, 0) is 16.1 Å². The number of fused-ring (bicyclic) bond motifs is 1. The lowest BCUT2D eigenvalue weighted by molar-refractivity contribution is -0.136. The summed E-state index contributed by atoms with van der Waals surface area (Å²) >= 11 is 0. The molecule has 2 aromatic rings. The van der Waals surface area contributed by atoms with E-state index in [-0.39, 0.29) is 18.3 Å². The Kier molecular flexibility index (Phi) is 4.51. The Morgan fingerprint density at radius 2 is 2.14 bits per heavy atom. The van der Waals surface area contributed by atoms with Crippen LogP contribution in [0, 0.1) is 5.92 Å². The SMILES string of the molecule is Cl.NC(=O)[C@@H]1CCN(Cc2ccc3ccnc(N)c3c2)C1=O. The van der Waals surface area contributed by atoms with Gasteiger partial charge in [-0.25, -0.2) is 4.98 Å². The standard InChI is InChI=1S/C15H16N4O2.ClH/c16-13-12-7-9(1-2-10(12)3-5-18-13)8-19-6-4-11(14(17)20)15(19)21;/h1-3,5,7,11H,4,6,8H2,(H2,16,18)(H2,17,20);1H/t11-;/m0./s1. The summed E-state index contributed by atoms with van der Waals surface area (Å²) in [5.41, 5.74) is 12.1. The van der Waals surface area contributed by atoms with E-state index in [1.165, 1.54) is 0 Å². The number of carbonyl (C=O) groups excluding carboxylic acids is 2. The second kappa shape index (κ2) is 6.19. The highest BCUT2D eigenvalue weighted by Crippen LogP contribution is 2.24. The third-order valence-corrected chi connectivity index (χ3v) is 3.88. The van der Waals surface area contributed by atoms with Gasteiger partial charge in [-0.05, 0) is 29.5 Å². The van der Waals surface area contributed by atoms with Crippen molar-refractivity contribution in [3.63, 3.8) is 0 Å². The molecule has 0 unspecified atom stereocenters. The largest absolute Gasteiger partial charge is 0.383 e. The molecule has 1 aliphatic heterocycles. The summed E-state index contributed by atoms with van der Waals surface area (Å²) in [6.45, 7) is 1.000. The van der Waals surface area contributed by atoms with Gasteiger partial charge in [0.15, 0.2) is 0 Å². The van der Waals surface area contributed by atoms with E-state index in [1.807, 2.05) is 24.3 Å². The molecule has 1 aliphatic rings. The lowest BCUT2D eigenvalue weighted by atomic mass is 10.1. The highest BCUT2D eigenvalue weighted by Gasteiger charge is 2.35. The Morgan fingerprint density at radius 1 is 1.36 bits per heavy atom. The van der Waals surface area contributed by atoms with Gasteiger partial charge < -0.3 is 16.4 Å². The molecule has 1 aromatic heterocycles. The maximum atomic E-state index is 12.1. The van der Waals surface area contributed by atoms with Crippen LogP contribution in [0.3, 0.4) is 0 Å². The fourth-order valence-corrected chi connectivity index (χ4v) is 2.72. The van der Waals surface area contributed by atoms with Gasteiger partial charge in [0, 0.05) is 24.7 Å². The van der Waals surface area contributed by atoms with E-state index in [0.717, 1.165) is 16.3 Å². The van der Waals surface area contributed by atoms with Crippen molar-refractivity contribution in [1.29, 1.82) is 0 Å². The quantitative estimate of drug-likeness (QED) is 0.826. The van der Waals surface area contributed by atoms with Crippen molar-refractivity contribution in [3.8, 4) is 0 Å². The van der Waals surface area contributed by atoms with Crippen LogP contribution in [0.2, 0.25) is 0 Å². The van der Waals surface area contributed by atoms with Crippen molar-refractivity contribution in [1.82, 2.24) is 9.88 Å². The number of aromatic nitrogens is 1. The predicted molar refractivity (Wildman–Crippen MR) is 86.1 cm³/mol. The van der Waals surface area contributed by atoms with Gasteiger partial charge in [0.05, 0.1) is 0 Å². The maximum absolute atomic E-state index is 12.1. The number of rotatable bonds is 3. The molecule has 3 rings (SSSR count). The van der Waals surface area contributed by atoms with Crippen molar-refractivity contribution in [2.75, 3.05) is 12.3 Å². The topological polar surface area (TPSA) is 102 Å². The highest BCUT2D eigenvalue weighted by molar-refractivity contribution is 6.01. The summed E-state index contributed by atoms with van der Waals surface area (Å²) in [7, 11) is 0. The number of amides is 2. The van der Waals surface area contributed by atoms with Gasteiger partial charge in [-0.2, -0.15) is 0 Å². The summed E-state index contributed by atoms with van der Waals surface area (Å²) in [5, 5.41) is 1.88.